The summed E-state index contributed by atoms with van der Waals surface area (Å²) in [6.45, 7) is 1.50. The lowest BCUT2D eigenvalue weighted by molar-refractivity contribution is -0.129. The van der Waals surface area contributed by atoms with Crippen LogP contribution in [-0.4, -0.2) is 61.2 Å². The van der Waals surface area contributed by atoms with Gasteiger partial charge in [0.05, 0.1) is 11.4 Å². The second-order valence-corrected chi connectivity index (χ2v) is 7.60. The van der Waals surface area contributed by atoms with Gasteiger partial charge in [-0.25, -0.2) is 8.42 Å². The van der Waals surface area contributed by atoms with E-state index in [1.54, 1.807) is 35.5 Å². The monoisotopic (exact) mass is 420 g/mol. The molecule has 1 fully saturated rings. The van der Waals surface area contributed by atoms with Crippen molar-refractivity contribution in [2.45, 2.75) is 11.3 Å². The third kappa shape index (κ3) is 4.44. The molecule has 0 radical (unpaired) electrons. The quantitative estimate of drug-likeness (QED) is 0.805. The maximum atomic E-state index is 13.1. The summed E-state index contributed by atoms with van der Waals surface area (Å²) in [7, 11) is -3.63. The molecule has 144 valence electrons. The molecule has 1 aliphatic rings. The first-order valence-electron chi connectivity index (χ1n) is 7.85. The Morgan fingerprint density at radius 2 is 1.88 bits per heavy atom. The molecule has 2 aromatic rings. The molecule has 1 aliphatic heterocycles. The van der Waals surface area contributed by atoms with Crippen LogP contribution in [0.2, 0.25) is 0 Å². The second-order valence-electron chi connectivity index (χ2n) is 5.70. The van der Waals surface area contributed by atoms with Crippen LogP contribution < -0.4 is 5.73 Å². The minimum atomic E-state index is -3.63. The van der Waals surface area contributed by atoms with Crippen LogP contribution in [0.3, 0.4) is 0 Å². The van der Waals surface area contributed by atoms with Gasteiger partial charge in [0.15, 0.2) is 0 Å². The van der Waals surface area contributed by atoms with E-state index in [-0.39, 0.29) is 48.7 Å². The molecule has 1 aromatic carbocycles. The summed E-state index contributed by atoms with van der Waals surface area (Å²) in [6, 6.07) is 6.89. The van der Waals surface area contributed by atoms with E-state index in [0.29, 0.717) is 31.4 Å². The van der Waals surface area contributed by atoms with Crippen LogP contribution in [0.5, 0.6) is 0 Å². The summed E-state index contributed by atoms with van der Waals surface area (Å²) in [5, 5.41) is 1.44. The average Bonchev–Trinajstić information content (AvgIpc) is 2.87. The van der Waals surface area contributed by atoms with E-state index in [9.17, 15) is 13.2 Å². The van der Waals surface area contributed by atoms with Crippen LogP contribution >= 0.6 is 24.8 Å². The summed E-state index contributed by atoms with van der Waals surface area (Å²) < 4.78 is 27.6. The van der Waals surface area contributed by atoms with Crippen molar-refractivity contribution in [3.8, 4) is 0 Å². The lowest BCUT2D eigenvalue weighted by Crippen LogP contribution is -2.39. The zero-order chi connectivity index (χ0) is 17.2. The molecule has 1 saturated heterocycles. The molecular formula is C16H22Cl2N4O3S. The summed E-state index contributed by atoms with van der Waals surface area (Å²) in [5.74, 6) is -0.148. The number of halogens is 2. The molecular weight excluding hydrogens is 399 g/mol. The summed E-state index contributed by atoms with van der Waals surface area (Å²) in [6.07, 6.45) is 3.83. The Hall–Kier alpha value is -1.45. The molecule has 0 saturated carbocycles. The first-order chi connectivity index (χ1) is 11.5. The lowest BCUT2D eigenvalue weighted by Gasteiger charge is -2.22. The lowest BCUT2D eigenvalue weighted by atomic mass is 10.2. The minimum absolute atomic E-state index is 0. The Balaban J connectivity index is 0.00000169. The summed E-state index contributed by atoms with van der Waals surface area (Å²) >= 11 is 0. The van der Waals surface area contributed by atoms with Crippen LogP contribution in [0.15, 0.2) is 41.6 Å². The van der Waals surface area contributed by atoms with Gasteiger partial charge in [-0.1, -0.05) is 12.1 Å². The zero-order valence-corrected chi connectivity index (χ0v) is 16.5. The number of benzene rings is 1. The van der Waals surface area contributed by atoms with E-state index in [1.165, 1.54) is 4.31 Å². The van der Waals surface area contributed by atoms with Crippen molar-refractivity contribution in [2.75, 3.05) is 32.7 Å². The molecule has 10 heteroatoms. The maximum absolute atomic E-state index is 13.1. The highest BCUT2D eigenvalue weighted by molar-refractivity contribution is 7.89. The molecule has 3 rings (SSSR count). The molecule has 0 spiro atoms. The van der Waals surface area contributed by atoms with Crippen LogP contribution in [-0.2, 0) is 14.8 Å². The number of carbonyl (C=O) groups is 1. The molecule has 0 atom stereocenters. The standard InChI is InChI=1S/C16H20N4O3S.2ClH/c17-11-16(21)19-7-2-8-20(10-9-19)24(22,23)15-4-1-3-13-12-18-6-5-14(13)15;;/h1,3-6,12H,2,7-11,17H2;2*1H. The van der Waals surface area contributed by atoms with Gasteiger partial charge in [-0.2, -0.15) is 4.31 Å². The predicted molar refractivity (Wildman–Crippen MR) is 105 cm³/mol. The van der Waals surface area contributed by atoms with Crippen molar-refractivity contribution < 1.29 is 13.2 Å². The minimum Gasteiger partial charge on any atom is -0.340 e. The number of pyridine rings is 1. The van der Waals surface area contributed by atoms with Gasteiger partial charge in [0.25, 0.3) is 0 Å². The Morgan fingerprint density at radius 1 is 1.12 bits per heavy atom. The normalized spacial score (nSPS) is 15.7. The zero-order valence-electron chi connectivity index (χ0n) is 14.1. The number of nitrogens with zero attached hydrogens (tertiary/aromatic N) is 3. The first kappa shape index (κ1) is 22.6. The van der Waals surface area contributed by atoms with Crippen molar-refractivity contribution in [1.82, 2.24) is 14.2 Å². The van der Waals surface area contributed by atoms with E-state index in [1.807, 2.05) is 6.07 Å². The Morgan fingerprint density at radius 3 is 2.62 bits per heavy atom. The molecule has 2 N–H and O–H groups in total. The fraction of sp³-hybridized carbons (Fsp3) is 0.375. The number of fused-ring (bicyclic) bond motifs is 1. The van der Waals surface area contributed by atoms with E-state index in [4.69, 9.17) is 5.73 Å². The Bertz CT molecular complexity index is 858. The summed E-state index contributed by atoms with van der Waals surface area (Å²) in [5.41, 5.74) is 5.40. The topological polar surface area (TPSA) is 96.6 Å². The van der Waals surface area contributed by atoms with Gasteiger partial charge >= 0.3 is 0 Å². The third-order valence-electron chi connectivity index (χ3n) is 4.24. The second kappa shape index (κ2) is 9.48. The Labute approximate surface area is 165 Å². The van der Waals surface area contributed by atoms with Gasteiger partial charge in [0.1, 0.15) is 0 Å². The predicted octanol–water partition coefficient (Wildman–Crippen LogP) is 1.26. The van der Waals surface area contributed by atoms with Gasteiger partial charge in [-0.3, -0.25) is 9.78 Å². The van der Waals surface area contributed by atoms with Gasteiger partial charge in [-0.15, -0.1) is 24.8 Å². The number of sulfonamides is 1. The smallest absolute Gasteiger partial charge is 0.243 e. The van der Waals surface area contributed by atoms with Crippen LogP contribution in [0.25, 0.3) is 10.8 Å². The number of nitrogens with two attached hydrogens (primary N) is 1. The Kier molecular flexibility index (Phi) is 8.23. The number of hydrogen-bond acceptors (Lipinski definition) is 5. The first-order valence-corrected chi connectivity index (χ1v) is 9.29. The highest BCUT2D eigenvalue weighted by Crippen LogP contribution is 2.25. The highest BCUT2D eigenvalue weighted by atomic mass is 35.5. The number of aromatic nitrogens is 1. The fourth-order valence-corrected chi connectivity index (χ4v) is 4.65. The third-order valence-corrected chi connectivity index (χ3v) is 6.20. The van der Waals surface area contributed by atoms with E-state index in [0.717, 1.165) is 5.39 Å². The fourth-order valence-electron chi connectivity index (χ4n) is 2.97. The van der Waals surface area contributed by atoms with Crippen molar-refractivity contribution >= 4 is 51.5 Å². The summed E-state index contributed by atoms with van der Waals surface area (Å²) in [4.78, 5) is 17.7. The van der Waals surface area contributed by atoms with Crippen molar-refractivity contribution in [2.24, 2.45) is 5.73 Å². The highest BCUT2D eigenvalue weighted by Gasteiger charge is 2.29. The van der Waals surface area contributed by atoms with Gasteiger partial charge in [0.2, 0.25) is 15.9 Å². The molecule has 2 heterocycles. The number of hydrogen-bond donors (Lipinski definition) is 1. The van der Waals surface area contributed by atoms with Crippen molar-refractivity contribution in [1.29, 1.82) is 0 Å². The van der Waals surface area contributed by atoms with E-state index < -0.39 is 10.0 Å². The van der Waals surface area contributed by atoms with Gasteiger partial charge in [0, 0.05) is 49.3 Å². The van der Waals surface area contributed by atoms with E-state index in [2.05, 4.69) is 4.98 Å². The van der Waals surface area contributed by atoms with Crippen molar-refractivity contribution in [3.05, 3.63) is 36.7 Å². The molecule has 0 aliphatic carbocycles. The van der Waals surface area contributed by atoms with Crippen LogP contribution in [0.4, 0.5) is 0 Å². The largest absolute Gasteiger partial charge is 0.340 e. The average molecular weight is 421 g/mol. The SMILES string of the molecule is Cl.Cl.NCC(=O)N1CCCN(S(=O)(=O)c2cccc3cnccc23)CC1. The van der Waals surface area contributed by atoms with Crippen molar-refractivity contribution in [3.63, 3.8) is 0 Å². The van der Waals surface area contributed by atoms with E-state index >= 15 is 0 Å². The molecule has 26 heavy (non-hydrogen) atoms. The molecule has 7 nitrogen and oxygen atoms in total. The van der Waals surface area contributed by atoms with Crippen LogP contribution in [0, 0.1) is 0 Å². The molecule has 1 aromatic heterocycles. The van der Waals surface area contributed by atoms with Gasteiger partial charge < -0.3 is 10.6 Å². The number of rotatable bonds is 3. The number of amides is 1. The molecule has 0 bridgehead atoms. The molecule has 0 unspecified atom stereocenters. The molecule has 1 amide bonds. The van der Waals surface area contributed by atoms with Crippen LogP contribution in [0.1, 0.15) is 6.42 Å². The maximum Gasteiger partial charge on any atom is 0.243 e. The van der Waals surface area contributed by atoms with Gasteiger partial charge in [-0.05, 0) is 18.6 Å². The number of carbonyl (C=O) groups excluding carboxylic acids is 1.